The predicted octanol–water partition coefficient (Wildman–Crippen LogP) is 3.31. The molecule has 1 aliphatic carbocycles. The Morgan fingerprint density at radius 1 is 1.00 bits per heavy atom. The summed E-state index contributed by atoms with van der Waals surface area (Å²) >= 11 is 5.51. The number of alkyl halides is 1. The fourth-order valence-electron chi connectivity index (χ4n) is 2.57. The Hall–Kier alpha value is -0.770. The van der Waals surface area contributed by atoms with Crippen molar-refractivity contribution in [1.82, 2.24) is 0 Å². The first-order valence-corrected chi connectivity index (χ1v) is 8.13. The molecule has 0 saturated heterocycles. The molecule has 0 heterocycles. The molecule has 4 nitrogen and oxygen atoms in total. The van der Waals surface area contributed by atoms with Crippen LogP contribution in [0.25, 0.3) is 0 Å². The molecule has 0 aliphatic heterocycles. The second-order valence-corrected chi connectivity index (χ2v) is 5.61. The molecular formula is C15H25ClO4. The van der Waals surface area contributed by atoms with E-state index in [9.17, 15) is 9.59 Å². The minimum atomic E-state index is -0.356. The van der Waals surface area contributed by atoms with Gasteiger partial charge in [-0.15, -0.1) is 11.6 Å². The maximum Gasteiger partial charge on any atom is 0.309 e. The van der Waals surface area contributed by atoms with Crippen LogP contribution >= 0.6 is 11.6 Å². The summed E-state index contributed by atoms with van der Waals surface area (Å²) < 4.78 is 10.4. The van der Waals surface area contributed by atoms with Crippen molar-refractivity contribution in [3.05, 3.63) is 0 Å². The summed E-state index contributed by atoms with van der Waals surface area (Å²) in [5, 5.41) is 0. The van der Waals surface area contributed by atoms with E-state index in [2.05, 4.69) is 6.92 Å². The van der Waals surface area contributed by atoms with Crippen LogP contribution in [0.4, 0.5) is 0 Å². The zero-order valence-corrected chi connectivity index (χ0v) is 13.0. The van der Waals surface area contributed by atoms with Crippen LogP contribution in [-0.4, -0.2) is 31.0 Å². The quantitative estimate of drug-likeness (QED) is 0.392. The van der Waals surface area contributed by atoms with E-state index in [-0.39, 0.29) is 36.3 Å². The Kier molecular flexibility index (Phi) is 8.67. The summed E-state index contributed by atoms with van der Waals surface area (Å²) in [5.41, 5.74) is 0. The smallest absolute Gasteiger partial charge is 0.309 e. The van der Waals surface area contributed by atoms with Gasteiger partial charge in [0.05, 0.1) is 24.3 Å². The SMILES string of the molecule is CCCCCOC(=O)C1CCCCC1C(=O)OCCCl. The van der Waals surface area contributed by atoms with Gasteiger partial charge in [0.15, 0.2) is 0 Å². The predicted molar refractivity (Wildman–Crippen MR) is 77.6 cm³/mol. The molecule has 0 N–H and O–H groups in total. The Labute approximate surface area is 126 Å². The van der Waals surface area contributed by atoms with Gasteiger partial charge < -0.3 is 9.47 Å². The highest BCUT2D eigenvalue weighted by Gasteiger charge is 2.37. The lowest BCUT2D eigenvalue weighted by molar-refractivity contribution is -0.162. The molecule has 5 heteroatoms. The van der Waals surface area contributed by atoms with Crippen molar-refractivity contribution in [2.45, 2.75) is 51.9 Å². The minimum Gasteiger partial charge on any atom is -0.465 e. The minimum absolute atomic E-state index is 0.204. The van der Waals surface area contributed by atoms with E-state index in [1.54, 1.807) is 0 Å². The van der Waals surface area contributed by atoms with Crippen molar-refractivity contribution in [3.8, 4) is 0 Å². The number of carbonyl (C=O) groups excluding carboxylic acids is 2. The number of ether oxygens (including phenoxy) is 2. The van der Waals surface area contributed by atoms with Gasteiger partial charge in [0, 0.05) is 0 Å². The zero-order chi connectivity index (χ0) is 14.8. The lowest BCUT2D eigenvalue weighted by Crippen LogP contribution is -2.35. The van der Waals surface area contributed by atoms with Crippen LogP contribution in [0, 0.1) is 11.8 Å². The molecule has 0 aromatic heterocycles. The average molecular weight is 305 g/mol. The van der Waals surface area contributed by atoms with Gasteiger partial charge in [-0.2, -0.15) is 0 Å². The van der Waals surface area contributed by atoms with Gasteiger partial charge in [-0.05, 0) is 19.3 Å². The van der Waals surface area contributed by atoms with Gasteiger partial charge in [-0.3, -0.25) is 9.59 Å². The summed E-state index contributed by atoms with van der Waals surface area (Å²) in [6.45, 7) is 2.76. The molecule has 0 bridgehead atoms. The maximum atomic E-state index is 12.1. The Balaban J connectivity index is 2.46. The van der Waals surface area contributed by atoms with Crippen molar-refractivity contribution in [2.24, 2.45) is 11.8 Å². The largest absolute Gasteiger partial charge is 0.465 e. The van der Waals surface area contributed by atoms with Crippen LogP contribution in [0.2, 0.25) is 0 Å². The molecule has 0 radical (unpaired) electrons. The fraction of sp³-hybridized carbons (Fsp3) is 0.867. The van der Waals surface area contributed by atoms with Gasteiger partial charge in [-0.25, -0.2) is 0 Å². The van der Waals surface area contributed by atoms with E-state index in [1.165, 1.54) is 0 Å². The van der Waals surface area contributed by atoms with E-state index in [4.69, 9.17) is 21.1 Å². The topological polar surface area (TPSA) is 52.6 Å². The van der Waals surface area contributed by atoms with Gasteiger partial charge in [-0.1, -0.05) is 32.6 Å². The summed E-state index contributed by atoms with van der Waals surface area (Å²) in [7, 11) is 0. The number of esters is 2. The monoisotopic (exact) mass is 304 g/mol. The lowest BCUT2D eigenvalue weighted by Gasteiger charge is -2.28. The van der Waals surface area contributed by atoms with Crippen molar-refractivity contribution < 1.29 is 19.1 Å². The fourth-order valence-corrected chi connectivity index (χ4v) is 2.65. The molecular weight excluding hydrogens is 280 g/mol. The lowest BCUT2D eigenvalue weighted by atomic mass is 9.79. The molecule has 2 unspecified atom stereocenters. The van der Waals surface area contributed by atoms with Crippen LogP contribution in [-0.2, 0) is 19.1 Å². The number of halogens is 1. The van der Waals surface area contributed by atoms with Crippen LogP contribution in [0.15, 0.2) is 0 Å². The van der Waals surface area contributed by atoms with E-state index in [0.29, 0.717) is 19.4 Å². The summed E-state index contributed by atoms with van der Waals surface area (Å²) in [5.74, 6) is -0.960. The average Bonchev–Trinajstić information content (AvgIpc) is 2.49. The van der Waals surface area contributed by atoms with Gasteiger partial charge in [0.1, 0.15) is 6.61 Å². The number of unbranched alkanes of at least 4 members (excludes halogenated alkanes) is 2. The molecule has 1 rings (SSSR count). The van der Waals surface area contributed by atoms with Crippen molar-refractivity contribution in [2.75, 3.05) is 19.1 Å². The standard InChI is InChI=1S/C15H25ClO4/c1-2-3-6-10-19-14(17)12-7-4-5-8-13(12)15(18)20-11-9-16/h12-13H,2-11H2,1H3. The summed E-state index contributed by atoms with van der Waals surface area (Å²) in [6, 6.07) is 0. The number of hydrogen-bond donors (Lipinski definition) is 0. The molecule has 116 valence electrons. The number of rotatable bonds is 8. The summed E-state index contributed by atoms with van der Waals surface area (Å²) in [6.07, 6.45) is 6.38. The highest BCUT2D eigenvalue weighted by atomic mass is 35.5. The third-order valence-corrected chi connectivity index (χ3v) is 3.84. The second kappa shape index (κ2) is 10.0. The Bertz CT molecular complexity index is 306. The van der Waals surface area contributed by atoms with E-state index >= 15 is 0 Å². The third kappa shape index (κ3) is 5.70. The first-order valence-electron chi connectivity index (χ1n) is 7.60. The van der Waals surface area contributed by atoms with Crippen LogP contribution in [0.1, 0.15) is 51.9 Å². The van der Waals surface area contributed by atoms with Crippen molar-refractivity contribution >= 4 is 23.5 Å². The molecule has 0 aromatic rings. The Morgan fingerprint density at radius 2 is 1.55 bits per heavy atom. The van der Waals surface area contributed by atoms with Gasteiger partial charge in [0.2, 0.25) is 0 Å². The highest BCUT2D eigenvalue weighted by molar-refractivity contribution is 6.18. The first-order chi connectivity index (χ1) is 9.70. The molecule has 0 spiro atoms. The molecule has 0 amide bonds. The molecule has 1 fully saturated rings. The van der Waals surface area contributed by atoms with Crippen molar-refractivity contribution in [3.63, 3.8) is 0 Å². The van der Waals surface area contributed by atoms with Crippen LogP contribution in [0.3, 0.4) is 0 Å². The van der Waals surface area contributed by atoms with Crippen LogP contribution < -0.4 is 0 Å². The van der Waals surface area contributed by atoms with E-state index in [0.717, 1.165) is 32.1 Å². The normalized spacial score (nSPS) is 22.3. The highest BCUT2D eigenvalue weighted by Crippen LogP contribution is 2.32. The molecule has 1 saturated carbocycles. The number of carbonyl (C=O) groups is 2. The Morgan fingerprint density at radius 3 is 2.05 bits per heavy atom. The second-order valence-electron chi connectivity index (χ2n) is 5.23. The first kappa shape index (κ1) is 17.3. The van der Waals surface area contributed by atoms with E-state index in [1.807, 2.05) is 0 Å². The zero-order valence-electron chi connectivity index (χ0n) is 12.2. The number of hydrogen-bond acceptors (Lipinski definition) is 4. The molecule has 2 atom stereocenters. The summed E-state index contributed by atoms with van der Waals surface area (Å²) in [4.78, 5) is 24.1. The maximum absolute atomic E-state index is 12.1. The van der Waals surface area contributed by atoms with Gasteiger partial charge >= 0.3 is 11.9 Å². The van der Waals surface area contributed by atoms with Crippen molar-refractivity contribution in [1.29, 1.82) is 0 Å². The van der Waals surface area contributed by atoms with Gasteiger partial charge in [0.25, 0.3) is 0 Å². The third-order valence-electron chi connectivity index (χ3n) is 3.69. The van der Waals surface area contributed by atoms with Crippen LogP contribution in [0.5, 0.6) is 0 Å². The molecule has 1 aliphatic rings. The molecule has 20 heavy (non-hydrogen) atoms. The molecule has 0 aromatic carbocycles. The van der Waals surface area contributed by atoms with E-state index < -0.39 is 0 Å².